The summed E-state index contributed by atoms with van der Waals surface area (Å²) in [5.41, 5.74) is 6.01. The van der Waals surface area contributed by atoms with Crippen LogP contribution >= 0.6 is 0 Å². The predicted octanol–water partition coefficient (Wildman–Crippen LogP) is 4.36. The summed E-state index contributed by atoms with van der Waals surface area (Å²) in [6.45, 7) is 4.44. The Labute approximate surface area is 163 Å². The zero-order chi connectivity index (χ0) is 19.4. The second kappa shape index (κ2) is 6.12. The molecule has 4 aromatic rings. The number of aromatic nitrogens is 3. The van der Waals surface area contributed by atoms with Crippen molar-refractivity contribution in [2.45, 2.75) is 19.9 Å². The molecule has 0 fully saturated rings. The molecule has 0 saturated heterocycles. The fourth-order valence-electron chi connectivity index (χ4n) is 4.12. The molecule has 5 rings (SSSR count). The predicted molar refractivity (Wildman–Crippen MR) is 109 cm³/mol. The minimum Gasteiger partial charge on any atom is -0.488 e. The Balaban J connectivity index is 1.82. The van der Waals surface area contributed by atoms with Crippen molar-refractivity contribution in [2.75, 3.05) is 25.6 Å². The van der Waals surface area contributed by atoms with E-state index in [9.17, 15) is 0 Å². The molecule has 0 radical (unpaired) electrons. The molecule has 3 heterocycles. The van der Waals surface area contributed by atoms with E-state index in [4.69, 9.17) is 14.2 Å². The fraction of sp³-hybridized carbons (Fsp3) is 0.273. The second-order valence-electron chi connectivity index (χ2n) is 7.42. The Morgan fingerprint density at radius 2 is 1.86 bits per heavy atom. The van der Waals surface area contributed by atoms with E-state index < -0.39 is 0 Å². The lowest BCUT2D eigenvalue weighted by molar-refractivity contribution is 0.260. The topological polar surface area (TPSA) is 56.3 Å². The Morgan fingerprint density at radius 1 is 1.07 bits per heavy atom. The highest BCUT2D eigenvalue weighted by atomic mass is 16.5. The Morgan fingerprint density at radius 3 is 2.54 bits per heavy atom. The van der Waals surface area contributed by atoms with Gasteiger partial charge >= 0.3 is 0 Å². The van der Waals surface area contributed by atoms with Crippen molar-refractivity contribution >= 4 is 17.0 Å². The van der Waals surface area contributed by atoms with Crippen LogP contribution in [0, 0.1) is 13.8 Å². The van der Waals surface area contributed by atoms with Crippen LogP contribution in [-0.4, -0.2) is 35.4 Å². The van der Waals surface area contributed by atoms with E-state index in [-0.39, 0.29) is 6.04 Å². The molecular weight excluding hydrogens is 352 g/mol. The van der Waals surface area contributed by atoms with Gasteiger partial charge in [-0.3, -0.25) is 4.57 Å². The van der Waals surface area contributed by atoms with Crippen molar-refractivity contribution in [3.63, 3.8) is 0 Å². The smallest absolute Gasteiger partial charge is 0.206 e. The largest absolute Gasteiger partial charge is 0.488 e. The van der Waals surface area contributed by atoms with Crippen molar-refractivity contribution < 1.29 is 9.26 Å². The monoisotopic (exact) mass is 374 g/mol. The highest BCUT2D eigenvalue weighted by Crippen LogP contribution is 2.45. The van der Waals surface area contributed by atoms with Crippen molar-refractivity contribution in [1.29, 1.82) is 0 Å². The summed E-state index contributed by atoms with van der Waals surface area (Å²) in [5, 5.41) is 4.12. The third kappa shape index (κ3) is 2.34. The van der Waals surface area contributed by atoms with E-state index in [1.165, 1.54) is 5.56 Å². The molecule has 2 aromatic heterocycles. The highest BCUT2D eigenvalue weighted by Gasteiger charge is 2.31. The van der Waals surface area contributed by atoms with Crippen LogP contribution in [0.4, 0.5) is 5.95 Å². The first-order chi connectivity index (χ1) is 13.6. The van der Waals surface area contributed by atoms with Crippen LogP contribution in [0.1, 0.15) is 23.1 Å². The molecule has 1 unspecified atom stereocenters. The van der Waals surface area contributed by atoms with Crippen molar-refractivity contribution in [3.05, 3.63) is 59.5 Å². The SMILES string of the molecule is Cc1noc(C)c1-c1ccc2nc(N(C)C)n3c2c1OCC3c1ccccc1. The number of nitrogens with zero attached hydrogens (tertiary/aromatic N) is 4. The molecule has 6 heteroatoms. The summed E-state index contributed by atoms with van der Waals surface area (Å²) in [7, 11) is 4.05. The number of imidazole rings is 1. The van der Waals surface area contributed by atoms with Crippen LogP contribution in [0.5, 0.6) is 5.75 Å². The zero-order valence-corrected chi connectivity index (χ0v) is 16.4. The summed E-state index contributed by atoms with van der Waals surface area (Å²) in [6.07, 6.45) is 0. The number of aryl methyl sites for hydroxylation is 2. The van der Waals surface area contributed by atoms with Crippen molar-refractivity contribution in [1.82, 2.24) is 14.7 Å². The number of anilines is 1. The van der Waals surface area contributed by atoms with Gasteiger partial charge in [-0.15, -0.1) is 0 Å². The minimum atomic E-state index is 0.0658. The van der Waals surface area contributed by atoms with Gasteiger partial charge in [0.05, 0.1) is 22.8 Å². The molecule has 1 aliphatic rings. The molecule has 2 aromatic carbocycles. The van der Waals surface area contributed by atoms with Gasteiger partial charge in [0.2, 0.25) is 5.95 Å². The van der Waals surface area contributed by atoms with E-state index >= 15 is 0 Å². The molecule has 0 spiro atoms. The molecule has 0 amide bonds. The van der Waals surface area contributed by atoms with E-state index in [1.807, 2.05) is 34.0 Å². The Hall–Kier alpha value is -3.28. The number of hydrogen-bond donors (Lipinski definition) is 0. The maximum atomic E-state index is 6.37. The summed E-state index contributed by atoms with van der Waals surface area (Å²) < 4.78 is 14.1. The molecule has 0 aliphatic carbocycles. The lowest BCUT2D eigenvalue weighted by atomic mass is 10.00. The van der Waals surface area contributed by atoms with Crippen LogP contribution in [-0.2, 0) is 0 Å². The first kappa shape index (κ1) is 16.9. The summed E-state index contributed by atoms with van der Waals surface area (Å²) in [6, 6.07) is 14.6. The van der Waals surface area contributed by atoms with Gasteiger partial charge < -0.3 is 14.2 Å². The summed E-state index contributed by atoms with van der Waals surface area (Å²) >= 11 is 0. The van der Waals surface area contributed by atoms with Crippen LogP contribution < -0.4 is 9.64 Å². The van der Waals surface area contributed by atoms with E-state index in [0.29, 0.717) is 6.61 Å². The number of ether oxygens (including phenoxy) is 1. The first-order valence-corrected chi connectivity index (χ1v) is 9.39. The van der Waals surface area contributed by atoms with Gasteiger partial charge in [0, 0.05) is 19.7 Å². The summed E-state index contributed by atoms with van der Waals surface area (Å²) in [5.74, 6) is 2.56. The molecule has 28 heavy (non-hydrogen) atoms. The van der Waals surface area contributed by atoms with Gasteiger partial charge in [-0.05, 0) is 31.5 Å². The van der Waals surface area contributed by atoms with E-state index in [1.54, 1.807) is 0 Å². The zero-order valence-electron chi connectivity index (χ0n) is 16.4. The molecule has 1 atom stereocenters. The Bertz CT molecular complexity index is 1150. The number of hydrogen-bond acceptors (Lipinski definition) is 5. The average Bonchev–Trinajstić information content (AvgIpc) is 3.25. The molecule has 0 bridgehead atoms. The first-order valence-electron chi connectivity index (χ1n) is 9.39. The standard InChI is InChI=1S/C22H22N4O2/c1-13-19(14(2)28-24-13)16-10-11-17-20-21(16)27-12-18(15-8-6-5-7-9-15)26(20)22(23-17)25(3)4/h5-11,18H,12H2,1-4H3. The van der Waals surface area contributed by atoms with Crippen molar-refractivity contribution in [2.24, 2.45) is 0 Å². The van der Waals surface area contributed by atoms with Gasteiger partial charge in [0.25, 0.3) is 0 Å². The van der Waals surface area contributed by atoms with Crippen LogP contribution in [0.25, 0.3) is 22.2 Å². The second-order valence-corrected chi connectivity index (χ2v) is 7.42. The lowest BCUT2D eigenvalue weighted by Crippen LogP contribution is -2.26. The maximum absolute atomic E-state index is 6.37. The van der Waals surface area contributed by atoms with Crippen LogP contribution in [0.15, 0.2) is 47.0 Å². The third-order valence-electron chi connectivity index (χ3n) is 5.37. The molecule has 1 aliphatic heterocycles. The average molecular weight is 374 g/mol. The van der Waals surface area contributed by atoms with Gasteiger partial charge in [0.15, 0.2) is 5.75 Å². The van der Waals surface area contributed by atoms with Crippen LogP contribution in [0.2, 0.25) is 0 Å². The van der Waals surface area contributed by atoms with Gasteiger partial charge in [-0.25, -0.2) is 4.98 Å². The lowest BCUT2D eigenvalue weighted by Gasteiger charge is -2.30. The van der Waals surface area contributed by atoms with E-state index in [2.05, 4.69) is 51.0 Å². The quantitative estimate of drug-likeness (QED) is 0.533. The Kier molecular flexibility index (Phi) is 3.69. The molecule has 142 valence electrons. The molecular formula is C22H22N4O2. The maximum Gasteiger partial charge on any atom is 0.206 e. The van der Waals surface area contributed by atoms with Crippen molar-refractivity contribution in [3.8, 4) is 16.9 Å². The van der Waals surface area contributed by atoms with E-state index in [0.717, 1.165) is 45.3 Å². The molecule has 6 nitrogen and oxygen atoms in total. The normalized spacial score (nSPS) is 15.6. The van der Waals surface area contributed by atoms with Gasteiger partial charge in [-0.1, -0.05) is 35.5 Å². The minimum absolute atomic E-state index is 0.0658. The highest BCUT2D eigenvalue weighted by molar-refractivity contribution is 5.94. The molecule has 0 saturated carbocycles. The summed E-state index contributed by atoms with van der Waals surface area (Å²) in [4.78, 5) is 6.95. The number of benzene rings is 2. The number of rotatable bonds is 3. The molecule has 0 N–H and O–H groups in total. The van der Waals surface area contributed by atoms with Crippen LogP contribution in [0.3, 0.4) is 0 Å². The third-order valence-corrected chi connectivity index (χ3v) is 5.37. The fourth-order valence-corrected chi connectivity index (χ4v) is 4.12. The van der Waals surface area contributed by atoms with Gasteiger partial charge in [-0.2, -0.15) is 0 Å². The van der Waals surface area contributed by atoms with Gasteiger partial charge in [0.1, 0.15) is 17.9 Å².